The molecule has 3 nitrogen and oxygen atoms in total. The predicted octanol–water partition coefficient (Wildman–Crippen LogP) is 1.70. The topological polar surface area (TPSA) is 52.3 Å². The molecule has 90 valence electrons. The van der Waals surface area contributed by atoms with Gasteiger partial charge in [0.15, 0.2) is 0 Å². The van der Waals surface area contributed by atoms with Crippen LogP contribution in [0.5, 0.6) is 0 Å². The number of carbonyl (C=O) groups excluding carboxylic acids is 1. The van der Waals surface area contributed by atoms with E-state index >= 15 is 0 Å². The lowest BCUT2D eigenvalue weighted by Gasteiger charge is -2.23. The average Bonchev–Trinajstić information content (AvgIpc) is 2.87. The number of esters is 1. The minimum atomic E-state index is -0.660. The second-order valence-corrected chi connectivity index (χ2v) is 5.95. The van der Waals surface area contributed by atoms with E-state index in [1.165, 1.54) is 19.3 Å². The number of hydrogen-bond acceptors (Lipinski definition) is 3. The Balaban J connectivity index is 1.75. The molecule has 4 atom stereocenters. The van der Waals surface area contributed by atoms with Crippen LogP contribution in [0.1, 0.15) is 39.0 Å². The Hall–Kier alpha value is -0.570. The van der Waals surface area contributed by atoms with Crippen LogP contribution in [-0.2, 0) is 9.53 Å². The Kier molecular flexibility index (Phi) is 2.29. The molecule has 3 saturated carbocycles. The molecular formula is C13H21NO2. The SMILES string of the molecule is CCOC(=O)C1(N)CC2C3CCC(C3)C2C1. The van der Waals surface area contributed by atoms with Gasteiger partial charge in [0.1, 0.15) is 5.54 Å². The average molecular weight is 223 g/mol. The number of nitrogens with two attached hydrogens (primary N) is 1. The van der Waals surface area contributed by atoms with Crippen molar-refractivity contribution >= 4 is 5.97 Å². The fraction of sp³-hybridized carbons (Fsp3) is 0.923. The van der Waals surface area contributed by atoms with E-state index in [-0.39, 0.29) is 5.97 Å². The summed E-state index contributed by atoms with van der Waals surface area (Å²) in [5, 5.41) is 0. The first-order valence-corrected chi connectivity index (χ1v) is 6.60. The molecule has 0 saturated heterocycles. The molecule has 0 heterocycles. The van der Waals surface area contributed by atoms with Crippen LogP contribution in [0.3, 0.4) is 0 Å². The fourth-order valence-electron chi connectivity index (χ4n) is 4.53. The fourth-order valence-corrected chi connectivity index (χ4v) is 4.53. The number of fused-ring (bicyclic) bond motifs is 5. The van der Waals surface area contributed by atoms with Crippen molar-refractivity contribution in [1.29, 1.82) is 0 Å². The van der Waals surface area contributed by atoms with Gasteiger partial charge in [-0.15, -0.1) is 0 Å². The summed E-state index contributed by atoms with van der Waals surface area (Å²) in [5.74, 6) is 2.98. The quantitative estimate of drug-likeness (QED) is 0.725. The molecule has 2 N–H and O–H groups in total. The standard InChI is InChI=1S/C13H21NO2/c1-2-16-12(15)13(14)6-10-8-3-4-9(5-8)11(10)7-13/h8-11H,2-7,14H2,1H3. The summed E-state index contributed by atoms with van der Waals surface area (Å²) in [7, 11) is 0. The van der Waals surface area contributed by atoms with E-state index < -0.39 is 5.54 Å². The zero-order valence-corrected chi connectivity index (χ0v) is 9.95. The highest BCUT2D eigenvalue weighted by molar-refractivity contribution is 5.81. The second kappa shape index (κ2) is 3.46. The van der Waals surface area contributed by atoms with Crippen LogP contribution in [0.25, 0.3) is 0 Å². The lowest BCUT2D eigenvalue weighted by molar-refractivity contribution is -0.149. The van der Waals surface area contributed by atoms with Gasteiger partial charge in [0, 0.05) is 0 Å². The van der Waals surface area contributed by atoms with Crippen molar-refractivity contribution < 1.29 is 9.53 Å². The smallest absolute Gasteiger partial charge is 0.326 e. The highest BCUT2D eigenvalue weighted by atomic mass is 16.5. The van der Waals surface area contributed by atoms with Crippen LogP contribution < -0.4 is 5.73 Å². The molecule has 0 aromatic carbocycles. The van der Waals surface area contributed by atoms with Gasteiger partial charge in [-0.1, -0.05) is 0 Å². The number of carbonyl (C=O) groups is 1. The lowest BCUT2D eigenvalue weighted by atomic mass is 9.82. The number of ether oxygens (including phenoxy) is 1. The highest BCUT2D eigenvalue weighted by Gasteiger charge is 2.58. The summed E-state index contributed by atoms with van der Waals surface area (Å²) in [4.78, 5) is 11.9. The Morgan fingerprint density at radius 1 is 1.31 bits per heavy atom. The Morgan fingerprint density at radius 2 is 1.88 bits per heavy atom. The van der Waals surface area contributed by atoms with Crippen LogP contribution in [0.2, 0.25) is 0 Å². The monoisotopic (exact) mass is 223 g/mol. The van der Waals surface area contributed by atoms with Crippen LogP contribution in [0.15, 0.2) is 0 Å². The summed E-state index contributed by atoms with van der Waals surface area (Å²) in [6, 6.07) is 0. The Labute approximate surface area is 96.7 Å². The molecule has 3 aliphatic rings. The molecule has 16 heavy (non-hydrogen) atoms. The summed E-state index contributed by atoms with van der Waals surface area (Å²) < 4.78 is 5.12. The molecule has 0 aromatic rings. The first-order chi connectivity index (χ1) is 7.64. The van der Waals surface area contributed by atoms with Crippen LogP contribution >= 0.6 is 0 Å². The van der Waals surface area contributed by atoms with E-state index in [1.54, 1.807) is 0 Å². The van der Waals surface area contributed by atoms with Gasteiger partial charge < -0.3 is 10.5 Å². The van der Waals surface area contributed by atoms with Crippen molar-refractivity contribution in [3.05, 3.63) is 0 Å². The first-order valence-electron chi connectivity index (χ1n) is 6.60. The molecule has 3 rings (SSSR count). The van der Waals surface area contributed by atoms with E-state index in [1.807, 2.05) is 6.92 Å². The zero-order valence-electron chi connectivity index (χ0n) is 9.95. The van der Waals surface area contributed by atoms with E-state index in [9.17, 15) is 4.79 Å². The minimum Gasteiger partial charge on any atom is -0.465 e. The molecule has 0 amide bonds. The van der Waals surface area contributed by atoms with E-state index in [2.05, 4.69) is 0 Å². The van der Waals surface area contributed by atoms with E-state index in [0.29, 0.717) is 18.4 Å². The van der Waals surface area contributed by atoms with Crippen molar-refractivity contribution in [3.63, 3.8) is 0 Å². The van der Waals surface area contributed by atoms with Gasteiger partial charge in [0.05, 0.1) is 6.61 Å². The van der Waals surface area contributed by atoms with E-state index in [4.69, 9.17) is 10.5 Å². The zero-order chi connectivity index (χ0) is 11.3. The highest BCUT2D eigenvalue weighted by Crippen LogP contribution is 2.60. The minimum absolute atomic E-state index is 0.163. The molecule has 4 unspecified atom stereocenters. The van der Waals surface area contributed by atoms with Crippen LogP contribution in [0, 0.1) is 23.7 Å². The van der Waals surface area contributed by atoms with Gasteiger partial charge in [0.2, 0.25) is 0 Å². The van der Waals surface area contributed by atoms with Crippen LogP contribution in [-0.4, -0.2) is 18.1 Å². The first kappa shape index (κ1) is 10.6. The second-order valence-electron chi connectivity index (χ2n) is 5.95. The molecule has 2 bridgehead atoms. The number of hydrogen-bond donors (Lipinski definition) is 1. The maximum atomic E-state index is 11.9. The molecule has 0 aromatic heterocycles. The number of rotatable bonds is 2. The summed E-state index contributed by atoms with van der Waals surface area (Å²) in [6.07, 6.45) is 5.87. The van der Waals surface area contributed by atoms with Gasteiger partial charge in [-0.05, 0) is 62.7 Å². The molecule has 3 aliphatic carbocycles. The Morgan fingerprint density at radius 3 is 2.38 bits per heavy atom. The van der Waals surface area contributed by atoms with Gasteiger partial charge in [0.25, 0.3) is 0 Å². The molecule has 0 aliphatic heterocycles. The van der Waals surface area contributed by atoms with Crippen LogP contribution in [0.4, 0.5) is 0 Å². The van der Waals surface area contributed by atoms with Gasteiger partial charge in [-0.25, -0.2) is 0 Å². The Bertz CT molecular complexity index is 297. The van der Waals surface area contributed by atoms with Crippen molar-refractivity contribution in [1.82, 2.24) is 0 Å². The van der Waals surface area contributed by atoms with Crippen molar-refractivity contribution in [2.45, 2.75) is 44.6 Å². The third-order valence-electron chi connectivity index (χ3n) is 5.16. The van der Waals surface area contributed by atoms with Gasteiger partial charge >= 0.3 is 5.97 Å². The summed E-state index contributed by atoms with van der Waals surface area (Å²) >= 11 is 0. The van der Waals surface area contributed by atoms with Crippen molar-refractivity contribution in [3.8, 4) is 0 Å². The van der Waals surface area contributed by atoms with Gasteiger partial charge in [-0.2, -0.15) is 0 Å². The van der Waals surface area contributed by atoms with E-state index in [0.717, 1.165) is 24.7 Å². The molecule has 3 heteroatoms. The lowest BCUT2D eigenvalue weighted by Crippen LogP contribution is -2.47. The van der Waals surface area contributed by atoms with Gasteiger partial charge in [-0.3, -0.25) is 4.79 Å². The summed E-state index contributed by atoms with van der Waals surface area (Å²) in [5.41, 5.74) is 5.60. The third-order valence-corrected chi connectivity index (χ3v) is 5.16. The molecule has 0 radical (unpaired) electrons. The predicted molar refractivity (Wildman–Crippen MR) is 60.6 cm³/mol. The van der Waals surface area contributed by atoms with Crippen molar-refractivity contribution in [2.75, 3.05) is 6.61 Å². The molecule has 0 spiro atoms. The summed E-state index contributed by atoms with van der Waals surface area (Å²) in [6.45, 7) is 2.29. The largest absolute Gasteiger partial charge is 0.465 e. The molecular weight excluding hydrogens is 202 g/mol. The maximum Gasteiger partial charge on any atom is 0.326 e. The maximum absolute atomic E-state index is 11.9. The third kappa shape index (κ3) is 1.33. The normalized spacial score (nSPS) is 49.4. The van der Waals surface area contributed by atoms with Crippen molar-refractivity contribution in [2.24, 2.45) is 29.4 Å². The molecule has 3 fully saturated rings.